The number of nitrogens with one attached hydrogen (secondary N) is 3. The van der Waals surface area contributed by atoms with Crippen LogP contribution in [0.1, 0.15) is 42.5 Å². The molecule has 148 valence electrons. The molecule has 0 aliphatic carbocycles. The van der Waals surface area contributed by atoms with Crippen molar-refractivity contribution in [2.45, 2.75) is 45.6 Å². The minimum atomic E-state index is -0.556. The van der Waals surface area contributed by atoms with Gasteiger partial charge in [0.15, 0.2) is 0 Å². The van der Waals surface area contributed by atoms with Gasteiger partial charge < -0.3 is 15.2 Å². The Morgan fingerprint density at radius 1 is 1.18 bits per heavy atom. The zero-order chi connectivity index (χ0) is 20.1. The average molecular weight is 384 g/mol. The van der Waals surface area contributed by atoms with Crippen LogP contribution in [0.15, 0.2) is 33.9 Å². The average Bonchev–Trinajstić information content (AvgIpc) is 2.63. The maximum absolute atomic E-state index is 12.3. The molecule has 1 saturated heterocycles. The summed E-state index contributed by atoms with van der Waals surface area (Å²) < 4.78 is 0. The summed E-state index contributed by atoms with van der Waals surface area (Å²) in [5, 5.41) is 2.82. The van der Waals surface area contributed by atoms with Gasteiger partial charge in [0.05, 0.1) is 0 Å². The topological polar surface area (TPSA) is 115 Å². The highest BCUT2D eigenvalue weighted by molar-refractivity contribution is 5.90. The summed E-state index contributed by atoms with van der Waals surface area (Å²) in [5.74, 6) is -0.0571. The van der Waals surface area contributed by atoms with Gasteiger partial charge in [0.2, 0.25) is 11.8 Å². The number of anilines is 1. The third kappa shape index (κ3) is 4.97. The van der Waals surface area contributed by atoms with Gasteiger partial charge in [-0.1, -0.05) is 12.1 Å². The second kappa shape index (κ2) is 8.69. The molecule has 28 heavy (non-hydrogen) atoms. The zero-order valence-corrected chi connectivity index (χ0v) is 15.8. The molecular formula is C20H24N4O4. The summed E-state index contributed by atoms with van der Waals surface area (Å²) in [6.07, 6.45) is 2.91. The van der Waals surface area contributed by atoms with Gasteiger partial charge in [0.1, 0.15) is 0 Å². The number of nitrogens with zero attached hydrogens (tertiary/aromatic N) is 1. The molecule has 1 aromatic heterocycles. The van der Waals surface area contributed by atoms with Gasteiger partial charge in [0.25, 0.3) is 5.56 Å². The van der Waals surface area contributed by atoms with E-state index < -0.39 is 11.2 Å². The molecule has 0 spiro atoms. The van der Waals surface area contributed by atoms with Crippen molar-refractivity contribution in [1.82, 2.24) is 14.9 Å². The van der Waals surface area contributed by atoms with Crippen LogP contribution < -0.4 is 16.6 Å². The highest BCUT2D eigenvalue weighted by atomic mass is 16.2. The minimum Gasteiger partial charge on any atom is -0.338 e. The van der Waals surface area contributed by atoms with E-state index >= 15 is 0 Å². The quantitative estimate of drug-likeness (QED) is 0.699. The summed E-state index contributed by atoms with van der Waals surface area (Å²) in [6, 6.07) is 7.42. The lowest BCUT2D eigenvalue weighted by Crippen LogP contribution is -2.34. The number of hydrogen-bond donors (Lipinski definition) is 3. The molecule has 1 fully saturated rings. The third-order valence-corrected chi connectivity index (χ3v) is 4.86. The molecule has 1 aromatic carbocycles. The molecule has 8 heteroatoms. The number of aromatic nitrogens is 2. The van der Waals surface area contributed by atoms with Crippen molar-refractivity contribution in [2.24, 2.45) is 0 Å². The number of carbonyl (C=O) groups excluding carboxylic acids is 2. The Labute approximate surface area is 162 Å². The predicted molar refractivity (Wildman–Crippen MR) is 105 cm³/mol. The summed E-state index contributed by atoms with van der Waals surface area (Å²) in [4.78, 5) is 53.9. The van der Waals surface area contributed by atoms with E-state index in [1.54, 1.807) is 13.0 Å². The molecule has 0 unspecified atom stereocenters. The maximum Gasteiger partial charge on any atom is 0.325 e. The summed E-state index contributed by atoms with van der Waals surface area (Å²) in [5.41, 5.74) is 1.45. The van der Waals surface area contributed by atoms with Crippen LogP contribution in [-0.4, -0.2) is 33.2 Å². The molecule has 2 heterocycles. The normalized spacial score (nSPS) is 14.2. The molecule has 0 saturated carbocycles. The standard InChI is InChI=1S/C20H24N4O4/c1-13-16(19(27)23-20(28)21-13)8-9-17(25)22-15-6-4-5-14(11-15)12-24-10-3-2-7-18(24)26/h4-6,11H,2-3,7-10,12H2,1H3,(H,22,25)(H2,21,23,27,28). The number of benzene rings is 1. The van der Waals surface area contributed by atoms with Crippen molar-refractivity contribution in [3.63, 3.8) is 0 Å². The summed E-state index contributed by atoms with van der Waals surface area (Å²) in [6.45, 7) is 2.94. The van der Waals surface area contributed by atoms with Gasteiger partial charge in [-0.05, 0) is 43.9 Å². The molecule has 1 aliphatic rings. The van der Waals surface area contributed by atoms with Crippen LogP contribution >= 0.6 is 0 Å². The van der Waals surface area contributed by atoms with Crippen LogP contribution in [0.2, 0.25) is 0 Å². The van der Waals surface area contributed by atoms with Crippen molar-refractivity contribution in [2.75, 3.05) is 11.9 Å². The number of hydrogen-bond acceptors (Lipinski definition) is 4. The predicted octanol–water partition coefficient (Wildman–Crippen LogP) is 1.46. The molecule has 2 aromatic rings. The van der Waals surface area contributed by atoms with Crippen molar-refractivity contribution >= 4 is 17.5 Å². The van der Waals surface area contributed by atoms with Crippen molar-refractivity contribution in [3.8, 4) is 0 Å². The Morgan fingerprint density at radius 3 is 2.75 bits per heavy atom. The number of H-pyrrole nitrogens is 2. The first-order valence-electron chi connectivity index (χ1n) is 9.41. The highest BCUT2D eigenvalue weighted by Gasteiger charge is 2.18. The van der Waals surface area contributed by atoms with Gasteiger partial charge in [-0.2, -0.15) is 0 Å². The van der Waals surface area contributed by atoms with E-state index in [0.717, 1.165) is 24.9 Å². The number of piperidine rings is 1. The first-order valence-corrected chi connectivity index (χ1v) is 9.41. The number of aromatic amines is 2. The highest BCUT2D eigenvalue weighted by Crippen LogP contribution is 2.17. The molecule has 1 aliphatic heterocycles. The van der Waals surface area contributed by atoms with Crippen LogP contribution in [0.25, 0.3) is 0 Å². The Bertz CT molecular complexity index is 992. The largest absolute Gasteiger partial charge is 0.338 e. The van der Waals surface area contributed by atoms with Crippen LogP contribution in [-0.2, 0) is 22.6 Å². The minimum absolute atomic E-state index is 0.116. The van der Waals surface area contributed by atoms with Crippen LogP contribution in [0.4, 0.5) is 5.69 Å². The number of rotatable bonds is 6. The Kier molecular flexibility index (Phi) is 6.08. The Balaban J connectivity index is 1.59. The fourth-order valence-electron chi connectivity index (χ4n) is 3.39. The molecule has 0 bridgehead atoms. The number of aryl methyl sites for hydroxylation is 1. The Morgan fingerprint density at radius 2 is 2.00 bits per heavy atom. The van der Waals surface area contributed by atoms with Crippen LogP contribution in [0.3, 0.4) is 0 Å². The lowest BCUT2D eigenvalue weighted by molar-refractivity contribution is -0.133. The molecule has 0 radical (unpaired) electrons. The van der Waals surface area contributed by atoms with Gasteiger partial charge in [-0.15, -0.1) is 0 Å². The number of likely N-dealkylation sites (tertiary alicyclic amines) is 1. The SMILES string of the molecule is Cc1[nH]c(=O)[nH]c(=O)c1CCC(=O)Nc1cccc(CN2CCCCC2=O)c1. The molecule has 2 amide bonds. The van der Waals surface area contributed by atoms with Crippen molar-refractivity contribution in [1.29, 1.82) is 0 Å². The van der Waals surface area contributed by atoms with E-state index in [0.29, 0.717) is 29.9 Å². The van der Waals surface area contributed by atoms with E-state index in [1.807, 2.05) is 23.1 Å². The molecule has 3 rings (SSSR count). The third-order valence-electron chi connectivity index (χ3n) is 4.86. The molecule has 0 atom stereocenters. The maximum atomic E-state index is 12.3. The van der Waals surface area contributed by atoms with Gasteiger partial charge in [0, 0.05) is 42.9 Å². The monoisotopic (exact) mass is 384 g/mol. The Hall–Kier alpha value is -3.16. The van der Waals surface area contributed by atoms with Gasteiger partial charge in [-0.25, -0.2) is 4.79 Å². The van der Waals surface area contributed by atoms with Crippen LogP contribution in [0.5, 0.6) is 0 Å². The lowest BCUT2D eigenvalue weighted by atomic mass is 10.1. The molecule has 3 N–H and O–H groups in total. The fraction of sp³-hybridized carbons (Fsp3) is 0.400. The van der Waals surface area contributed by atoms with Gasteiger partial charge >= 0.3 is 5.69 Å². The van der Waals surface area contributed by atoms with Crippen molar-refractivity contribution < 1.29 is 9.59 Å². The van der Waals surface area contributed by atoms with E-state index in [4.69, 9.17) is 0 Å². The molecular weight excluding hydrogens is 360 g/mol. The number of amides is 2. The first-order chi connectivity index (χ1) is 13.4. The molecule has 8 nitrogen and oxygen atoms in total. The fourth-order valence-corrected chi connectivity index (χ4v) is 3.39. The van der Waals surface area contributed by atoms with E-state index in [1.165, 1.54) is 0 Å². The number of carbonyl (C=O) groups is 2. The van der Waals surface area contributed by atoms with E-state index in [2.05, 4.69) is 15.3 Å². The van der Waals surface area contributed by atoms with E-state index in [9.17, 15) is 19.2 Å². The van der Waals surface area contributed by atoms with Gasteiger partial charge in [-0.3, -0.25) is 19.4 Å². The van der Waals surface area contributed by atoms with E-state index in [-0.39, 0.29) is 24.7 Å². The van der Waals surface area contributed by atoms with Crippen LogP contribution in [0, 0.1) is 6.92 Å². The smallest absolute Gasteiger partial charge is 0.325 e. The summed E-state index contributed by atoms with van der Waals surface area (Å²) >= 11 is 0. The zero-order valence-electron chi connectivity index (χ0n) is 15.8. The second-order valence-electron chi connectivity index (χ2n) is 7.03. The second-order valence-corrected chi connectivity index (χ2v) is 7.03. The summed E-state index contributed by atoms with van der Waals surface area (Å²) in [7, 11) is 0. The first kappa shape index (κ1) is 19.6. The lowest BCUT2D eigenvalue weighted by Gasteiger charge is -2.26. The van der Waals surface area contributed by atoms with Crippen molar-refractivity contribution in [3.05, 3.63) is 61.9 Å².